The van der Waals surface area contributed by atoms with Gasteiger partial charge in [0.05, 0.1) is 11.8 Å². The number of carbonyl (C=O) groups is 1. The molecule has 1 unspecified atom stereocenters. The molecule has 6 heteroatoms. The van der Waals surface area contributed by atoms with Gasteiger partial charge in [-0.25, -0.2) is 4.79 Å². The average Bonchev–Trinajstić information content (AvgIpc) is 3.35. The van der Waals surface area contributed by atoms with Gasteiger partial charge in [0, 0.05) is 25.6 Å². The quantitative estimate of drug-likeness (QED) is 0.223. The summed E-state index contributed by atoms with van der Waals surface area (Å²) < 4.78 is 0. The highest BCUT2D eigenvalue weighted by Crippen LogP contribution is 2.66. The van der Waals surface area contributed by atoms with Gasteiger partial charge in [0.1, 0.15) is 0 Å². The third kappa shape index (κ3) is 4.34. The maximum atomic E-state index is 12.7. The summed E-state index contributed by atoms with van der Waals surface area (Å²) in [5, 5.41) is 18.2. The van der Waals surface area contributed by atoms with Crippen LogP contribution in [-0.4, -0.2) is 54.1 Å². The van der Waals surface area contributed by atoms with E-state index in [1.54, 1.807) is 4.90 Å². The van der Waals surface area contributed by atoms with Gasteiger partial charge >= 0.3 is 6.09 Å². The fraction of sp³-hybridized carbons (Fsp3) is 0.867. The van der Waals surface area contributed by atoms with Crippen LogP contribution in [0.2, 0.25) is 0 Å². The summed E-state index contributed by atoms with van der Waals surface area (Å²) in [5.74, 6) is 2.59. The molecule has 4 fully saturated rings. The second-order valence-corrected chi connectivity index (χ2v) is 14.0. The molecule has 0 aromatic heterocycles. The van der Waals surface area contributed by atoms with E-state index in [9.17, 15) is 9.90 Å². The van der Waals surface area contributed by atoms with Crippen LogP contribution in [0.4, 0.5) is 4.79 Å². The fourth-order valence-electron chi connectivity index (χ4n) is 9.32. The Morgan fingerprint density at radius 1 is 1.11 bits per heavy atom. The van der Waals surface area contributed by atoms with E-state index in [0.717, 1.165) is 56.2 Å². The third-order valence-corrected chi connectivity index (χ3v) is 11.7. The van der Waals surface area contributed by atoms with Crippen LogP contribution in [0, 0.1) is 39.9 Å². The topological polar surface area (TPSA) is 74.2 Å². The molecular weight excluding hydrogens is 450 g/mol. The number of allylic oxidation sites excluding steroid dienone is 1. The molecule has 1 heterocycles. The van der Waals surface area contributed by atoms with Crippen molar-refractivity contribution in [2.75, 3.05) is 20.1 Å². The Kier molecular flexibility index (Phi) is 6.85. The Balaban J connectivity index is 1.24. The lowest BCUT2D eigenvalue weighted by atomic mass is 9.46. The van der Waals surface area contributed by atoms with Crippen LogP contribution in [0.25, 0.3) is 0 Å². The minimum absolute atomic E-state index is 0.185. The van der Waals surface area contributed by atoms with Crippen molar-refractivity contribution in [2.45, 2.75) is 105 Å². The van der Waals surface area contributed by atoms with E-state index >= 15 is 0 Å². The van der Waals surface area contributed by atoms with Gasteiger partial charge in [-0.05, 0) is 105 Å². The number of hydrogen-bond acceptors (Lipinski definition) is 5. The van der Waals surface area contributed by atoms with Gasteiger partial charge in [0.15, 0.2) is 0 Å². The summed E-state index contributed by atoms with van der Waals surface area (Å²) in [5.41, 5.74) is 3.21. The maximum absolute atomic E-state index is 12.7. The monoisotopic (exact) mass is 499 g/mol. The first-order chi connectivity index (χ1) is 17.0. The fourth-order valence-corrected chi connectivity index (χ4v) is 9.32. The summed E-state index contributed by atoms with van der Waals surface area (Å²) in [7, 11) is 1.81. The normalized spacial score (nSPS) is 43.8. The molecule has 1 saturated heterocycles. The van der Waals surface area contributed by atoms with E-state index in [-0.39, 0.29) is 34.5 Å². The largest absolute Gasteiger partial charge is 0.435 e. The molecular formula is C30H49N3O3. The van der Waals surface area contributed by atoms with Crippen molar-refractivity contribution in [3.8, 4) is 0 Å². The SMILES string of the molecule is C/C(=N\OC(=O)N(C)CC1NCCC1(C)C)[C@H]1CC[C@H]2[C@@H]3CCC4=C[C@H](O)CC[C@]4(C)[C@H]3CC[C@]12C. The minimum atomic E-state index is -0.360. The number of likely N-dealkylation sites (N-methyl/N-ethyl adjacent to an activating group) is 1. The molecule has 202 valence electrons. The van der Waals surface area contributed by atoms with Crippen molar-refractivity contribution in [3.05, 3.63) is 11.6 Å². The molecule has 5 aliphatic rings. The molecule has 2 N–H and O–H groups in total. The van der Waals surface area contributed by atoms with Gasteiger partial charge in [0.2, 0.25) is 0 Å². The van der Waals surface area contributed by atoms with Gasteiger partial charge in [-0.1, -0.05) is 44.5 Å². The highest BCUT2D eigenvalue weighted by atomic mass is 16.7. The number of rotatable bonds is 4. The van der Waals surface area contributed by atoms with Gasteiger partial charge < -0.3 is 15.3 Å². The maximum Gasteiger partial charge on any atom is 0.435 e. The molecule has 0 aromatic carbocycles. The van der Waals surface area contributed by atoms with E-state index in [1.165, 1.54) is 31.3 Å². The Labute approximate surface area is 218 Å². The number of fused-ring (bicyclic) bond motifs is 5. The van der Waals surface area contributed by atoms with Crippen molar-refractivity contribution >= 4 is 11.8 Å². The smallest absolute Gasteiger partial charge is 0.389 e. The number of carbonyl (C=O) groups excluding carboxylic acids is 1. The van der Waals surface area contributed by atoms with E-state index in [2.05, 4.69) is 51.2 Å². The lowest BCUT2D eigenvalue weighted by Crippen LogP contribution is -2.51. The highest BCUT2D eigenvalue weighted by molar-refractivity contribution is 5.85. The van der Waals surface area contributed by atoms with Crippen LogP contribution in [0.5, 0.6) is 0 Å². The third-order valence-electron chi connectivity index (χ3n) is 11.7. The molecule has 0 aromatic rings. The van der Waals surface area contributed by atoms with E-state index in [1.807, 2.05) is 7.05 Å². The van der Waals surface area contributed by atoms with E-state index < -0.39 is 0 Å². The zero-order valence-corrected chi connectivity index (χ0v) is 23.5. The first kappa shape index (κ1) is 26.2. The predicted molar refractivity (Wildman–Crippen MR) is 144 cm³/mol. The molecule has 3 saturated carbocycles. The van der Waals surface area contributed by atoms with Crippen LogP contribution in [0.3, 0.4) is 0 Å². The number of nitrogens with zero attached hydrogens (tertiary/aromatic N) is 2. The molecule has 4 aliphatic carbocycles. The second-order valence-electron chi connectivity index (χ2n) is 14.0. The first-order valence-corrected chi connectivity index (χ1v) is 14.5. The van der Waals surface area contributed by atoms with E-state index in [4.69, 9.17) is 4.84 Å². The van der Waals surface area contributed by atoms with Crippen LogP contribution < -0.4 is 5.32 Å². The molecule has 0 radical (unpaired) electrons. The Bertz CT molecular complexity index is 928. The zero-order chi connectivity index (χ0) is 25.9. The van der Waals surface area contributed by atoms with Crippen LogP contribution in [0.15, 0.2) is 16.8 Å². The average molecular weight is 500 g/mol. The zero-order valence-electron chi connectivity index (χ0n) is 23.5. The summed E-state index contributed by atoms with van der Waals surface area (Å²) in [4.78, 5) is 19.9. The standard InChI is InChI=1S/C30H49N3O3/c1-19(32-36-27(35)33(6)18-26-28(2,3)15-16-31-26)23-9-10-24-22-8-7-20-17-21(34)11-13-29(20,4)25(22)12-14-30(23,24)5/h17,21-26,31,34H,7-16,18H2,1-6H3/b32-19+/t21-,22+,23-,24+,25+,26?,29+,30-/m1/s1. The summed E-state index contributed by atoms with van der Waals surface area (Å²) in [6, 6.07) is 0.282. The highest BCUT2D eigenvalue weighted by Gasteiger charge is 2.59. The molecule has 1 aliphatic heterocycles. The molecule has 36 heavy (non-hydrogen) atoms. The molecule has 8 atom stereocenters. The number of nitrogens with one attached hydrogen (secondary N) is 1. The van der Waals surface area contributed by atoms with Gasteiger partial charge in [-0.3, -0.25) is 4.84 Å². The van der Waals surface area contributed by atoms with Gasteiger partial charge in [0.25, 0.3) is 0 Å². The minimum Gasteiger partial charge on any atom is -0.389 e. The molecule has 0 bridgehead atoms. The number of amides is 1. The number of aliphatic hydroxyl groups excluding tert-OH is 1. The molecule has 6 nitrogen and oxygen atoms in total. The van der Waals surface area contributed by atoms with Crippen molar-refractivity contribution in [1.82, 2.24) is 10.2 Å². The molecule has 5 rings (SSSR count). The number of oxime groups is 1. The molecule has 1 amide bonds. The van der Waals surface area contributed by atoms with Crippen LogP contribution in [0.1, 0.15) is 92.4 Å². The first-order valence-electron chi connectivity index (χ1n) is 14.5. The van der Waals surface area contributed by atoms with Crippen molar-refractivity contribution < 1.29 is 14.7 Å². The van der Waals surface area contributed by atoms with Crippen molar-refractivity contribution in [2.24, 2.45) is 45.1 Å². The predicted octanol–water partition coefficient (Wildman–Crippen LogP) is 5.76. The summed E-state index contributed by atoms with van der Waals surface area (Å²) in [6.45, 7) is 13.2. The molecule has 0 spiro atoms. The van der Waals surface area contributed by atoms with E-state index in [0.29, 0.717) is 18.4 Å². The summed E-state index contributed by atoms with van der Waals surface area (Å²) in [6.07, 6.45) is 12.0. The Morgan fingerprint density at radius 2 is 1.89 bits per heavy atom. The second kappa shape index (κ2) is 9.41. The summed E-state index contributed by atoms with van der Waals surface area (Å²) >= 11 is 0. The van der Waals surface area contributed by atoms with Crippen molar-refractivity contribution in [1.29, 1.82) is 0 Å². The van der Waals surface area contributed by atoms with Gasteiger partial charge in [-0.15, -0.1) is 0 Å². The Hall–Kier alpha value is -1.40. The lowest BCUT2D eigenvalue weighted by Gasteiger charge is -2.58. The Morgan fingerprint density at radius 3 is 2.61 bits per heavy atom. The van der Waals surface area contributed by atoms with Gasteiger partial charge in [-0.2, -0.15) is 0 Å². The number of hydrogen-bond donors (Lipinski definition) is 2. The van der Waals surface area contributed by atoms with Crippen LogP contribution >= 0.6 is 0 Å². The lowest BCUT2D eigenvalue weighted by molar-refractivity contribution is -0.0479. The number of aliphatic hydroxyl groups is 1. The van der Waals surface area contributed by atoms with Crippen molar-refractivity contribution in [3.63, 3.8) is 0 Å². The van der Waals surface area contributed by atoms with Crippen LogP contribution in [-0.2, 0) is 4.84 Å².